The summed E-state index contributed by atoms with van der Waals surface area (Å²) >= 11 is 12.0. The molecule has 0 aromatic heterocycles. The lowest BCUT2D eigenvalue weighted by molar-refractivity contribution is 0.533. The van der Waals surface area contributed by atoms with Gasteiger partial charge < -0.3 is 5.32 Å². The lowest BCUT2D eigenvalue weighted by Crippen LogP contribution is -2.28. The van der Waals surface area contributed by atoms with Gasteiger partial charge >= 0.3 is 0 Å². The van der Waals surface area contributed by atoms with E-state index in [4.69, 9.17) is 23.2 Å². The molecule has 0 amide bonds. The van der Waals surface area contributed by atoms with Crippen molar-refractivity contribution in [1.82, 2.24) is 5.32 Å². The molecule has 1 aliphatic rings. The minimum atomic E-state index is 0.493. The van der Waals surface area contributed by atoms with Gasteiger partial charge in [-0.2, -0.15) is 0 Å². The van der Waals surface area contributed by atoms with E-state index < -0.39 is 0 Å². The van der Waals surface area contributed by atoms with Crippen LogP contribution in [-0.4, -0.2) is 6.04 Å². The van der Waals surface area contributed by atoms with Gasteiger partial charge in [0, 0.05) is 22.6 Å². The maximum absolute atomic E-state index is 6.03. The molecule has 0 radical (unpaired) electrons. The molecule has 2 aromatic rings. The molecule has 1 N–H and O–H groups in total. The molecule has 0 bridgehead atoms. The predicted octanol–water partition coefficient (Wildman–Crippen LogP) is 4.25. The summed E-state index contributed by atoms with van der Waals surface area (Å²) in [5.74, 6) is 0. The molecule has 1 aliphatic carbocycles. The lowest BCUT2D eigenvalue weighted by atomic mass is 10.1. The van der Waals surface area contributed by atoms with E-state index in [1.807, 2.05) is 24.3 Å². The number of benzene rings is 2. The average Bonchev–Trinajstić information content (AvgIpc) is 2.78. The maximum atomic E-state index is 6.03. The van der Waals surface area contributed by atoms with E-state index in [1.54, 1.807) is 0 Å². The van der Waals surface area contributed by atoms with Crippen LogP contribution in [0.3, 0.4) is 0 Å². The first-order chi connectivity index (χ1) is 9.20. The highest BCUT2D eigenvalue weighted by Crippen LogP contribution is 2.25. The Labute approximate surface area is 123 Å². The zero-order valence-electron chi connectivity index (χ0n) is 10.5. The molecule has 19 heavy (non-hydrogen) atoms. The molecule has 0 aliphatic heterocycles. The second-order valence-electron chi connectivity index (χ2n) is 5.03. The van der Waals surface area contributed by atoms with E-state index >= 15 is 0 Å². The van der Waals surface area contributed by atoms with Gasteiger partial charge in [0.25, 0.3) is 0 Å². The number of hydrogen-bond donors (Lipinski definition) is 1. The van der Waals surface area contributed by atoms with Gasteiger partial charge in [0.2, 0.25) is 0 Å². The van der Waals surface area contributed by atoms with Crippen LogP contribution in [0.2, 0.25) is 10.0 Å². The molecule has 0 saturated heterocycles. The van der Waals surface area contributed by atoms with Crippen molar-refractivity contribution < 1.29 is 0 Å². The first-order valence-corrected chi connectivity index (χ1v) is 7.21. The number of fused-ring (bicyclic) bond motifs is 1. The zero-order chi connectivity index (χ0) is 13.2. The summed E-state index contributed by atoms with van der Waals surface area (Å²) in [6.07, 6.45) is 2.13. The highest BCUT2D eigenvalue weighted by molar-refractivity contribution is 6.30. The van der Waals surface area contributed by atoms with Crippen LogP contribution in [-0.2, 0) is 19.4 Å². The number of halogens is 2. The molecule has 0 spiro atoms. The van der Waals surface area contributed by atoms with E-state index in [-0.39, 0.29) is 0 Å². The van der Waals surface area contributed by atoms with Crippen LogP contribution in [0.1, 0.15) is 16.7 Å². The van der Waals surface area contributed by atoms with E-state index in [1.165, 1.54) is 16.7 Å². The van der Waals surface area contributed by atoms with Crippen molar-refractivity contribution in [3.05, 3.63) is 69.2 Å². The molecule has 1 atom stereocenters. The Morgan fingerprint density at radius 2 is 1.74 bits per heavy atom. The molecule has 2 aromatic carbocycles. The number of nitrogens with one attached hydrogen (secondary N) is 1. The Balaban J connectivity index is 1.62. The van der Waals surface area contributed by atoms with Gasteiger partial charge in [-0.25, -0.2) is 0 Å². The van der Waals surface area contributed by atoms with Crippen LogP contribution in [0.15, 0.2) is 42.5 Å². The van der Waals surface area contributed by atoms with Crippen molar-refractivity contribution in [3.8, 4) is 0 Å². The number of hydrogen-bond acceptors (Lipinski definition) is 1. The fraction of sp³-hybridized carbons (Fsp3) is 0.250. The molecule has 3 rings (SSSR count). The molecule has 3 heteroatoms. The largest absolute Gasteiger partial charge is 0.309 e. The highest BCUT2D eigenvalue weighted by atomic mass is 35.5. The van der Waals surface area contributed by atoms with Gasteiger partial charge in [-0.05, 0) is 53.8 Å². The van der Waals surface area contributed by atoms with Crippen LogP contribution in [0.4, 0.5) is 0 Å². The molecule has 1 unspecified atom stereocenters. The quantitative estimate of drug-likeness (QED) is 0.891. The van der Waals surface area contributed by atoms with Gasteiger partial charge in [-0.3, -0.25) is 0 Å². The Hall–Kier alpha value is -1.02. The van der Waals surface area contributed by atoms with Gasteiger partial charge in [0.1, 0.15) is 0 Å². The van der Waals surface area contributed by atoms with Gasteiger partial charge in [0.15, 0.2) is 0 Å². The third-order valence-electron chi connectivity index (χ3n) is 3.58. The molecular weight excluding hydrogens is 277 g/mol. The summed E-state index contributed by atoms with van der Waals surface area (Å²) < 4.78 is 0. The summed E-state index contributed by atoms with van der Waals surface area (Å²) in [5, 5.41) is 5.21. The van der Waals surface area contributed by atoms with Crippen LogP contribution >= 0.6 is 23.2 Å². The van der Waals surface area contributed by atoms with Crippen LogP contribution < -0.4 is 5.32 Å². The monoisotopic (exact) mass is 291 g/mol. The van der Waals surface area contributed by atoms with Gasteiger partial charge in [-0.1, -0.05) is 41.4 Å². The van der Waals surface area contributed by atoms with E-state index in [0.717, 1.165) is 29.4 Å². The summed E-state index contributed by atoms with van der Waals surface area (Å²) in [4.78, 5) is 0. The normalized spacial score (nSPS) is 17.5. The fourth-order valence-corrected chi connectivity index (χ4v) is 3.05. The third kappa shape index (κ3) is 3.11. The molecule has 1 nitrogen and oxygen atoms in total. The predicted molar refractivity (Wildman–Crippen MR) is 80.9 cm³/mol. The first-order valence-electron chi connectivity index (χ1n) is 6.46. The maximum Gasteiger partial charge on any atom is 0.0409 e. The van der Waals surface area contributed by atoms with Crippen LogP contribution in [0.25, 0.3) is 0 Å². The second-order valence-corrected chi connectivity index (χ2v) is 5.90. The standard InChI is InChI=1S/C16H15Cl2N/c17-14-3-1-2-11(6-14)10-19-16-8-12-4-5-15(18)7-13(12)9-16/h1-7,16,19H,8-10H2. The van der Waals surface area contributed by atoms with Crippen molar-refractivity contribution in [2.75, 3.05) is 0 Å². The van der Waals surface area contributed by atoms with Crippen molar-refractivity contribution in [2.45, 2.75) is 25.4 Å². The lowest BCUT2D eigenvalue weighted by Gasteiger charge is -2.12. The summed E-state index contributed by atoms with van der Waals surface area (Å²) in [6.45, 7) is 0.854. The highest BCUT2D eigenvalue weighted by Gasteiger charge is 2.20. The average molecular weight is 292 g/mol. The van der Waals surface area contributed by atoms with E-state index in [2.05, 4.69) is 23.5 Å². The van der Waals surface area contributed by atoms with Crippen LogP contribution in [0, 0.1) is 0 Å². The van der Waals surface area contributed by atoms with Crippen molar-refractivity contribution in [1.29, 1.82) is 0 Å². The summed E-state index contributed by atoms with van der Waals surface area (Å²) in [5.41, 5.74) is 4.01. The van der Waals surface area contributed by atoms with Crippen molar-refractivity contribution >= 4 is 23.2 Å². The zero-order valence-corrected chi connectivity index (χ0v) is 12.0. The molecule has 0 heterocycles. The molecule has 0 fully saturated rings. The SMILES string of the molecule is Clc1cccc(CNC2Cc3ccc(Cl)cc3C2)c1. The second kappa shape index (κ2) is 5.54. The molecule has 0 saturated carbocycles. The topological polar surface area (TPSA) is 12.0 Å². The van der Waals surface area contributed by atoms with Gasteiger partial charge in [0.05, 0.1) is 0 Å². The Bertz CT molecular complexity index is 595. The smallest absolute Gasteiger partial charge is 0.0409 e. The fourth-order valence-electron chi connectivity index (χ4n) is 2.64. The van der Waals surface area contributed by atoms with E-state index in [9.17, 15) is 0 Å². The molecule has 98 valence electrons. The van der Waals surface area contributed by atoms with Gasteiger partial charge in [-0.15, -0.1) is 0 Å². The third-order valence-corrected chi connectivity index (χ3v) is 4.06. The van der Waals surface area contributed by atoms with Crippen LogP contribution in [0.5, 0.6) is 0 Å². The first kappa shape index (κ1) is 13.0. The molecular formula is C16H15Cl2N. The van der Waals surface area contributed by atoms with E-state index in [0.29, 0.717) is 6.04 Å². The summed E-state index contributed by atoms with van der Waals surface area (Å²) in [6, 6.07) is 14.7. The Morgan fingerprint density at radius 3 is 2.58 bits per heavy atom. The Morgan fingerprint density at radius 1 is 0.947 bits per heavy atom. The minimum Gasteiger partial charge on any atom is -0.309 e. The summed E-state index contributed by atoms with van der Waals surface area (Å²) in [7, 11) is 0. The number of rotatable bonds is 3. The van der Waals surface area contributed by atoms with Crippen molar-refractivity contribution in [2.24, 2.45) is 0 Å². The Kier molecular flexibility index (Phi) is 3.79. The minimum absolute atomic E-state index is 0.493. The van der Waals surface area contributed by atoms with Crippen molar-refractivity contribution in [3.63, 3.8) is 0 Å².